The van der Waals surface area contributed by atoms with Crippen LogP contribution >= 0.6 is 0 Å². The Balaban J connectivity index is 1.89. The highest BCUT2D eigenvalue weighted by Gasteiger charge is 2.18. The Morgan fingerprint density at radius 3 is 2.55 bits per heavy atom. The van der Waals surface area contributed by atoms with Crippen molar-refractivity contribution >= 4 is 10.0 Å². The van der Waals surface area contributed by atoms with Crippen LogP contribution in [0.4, 0.5) is 0 Å². The molecule has 0 amide bonds. The molecule has 1 N–H and O–H groups in total. The van der Waals surface area contributed by atoms with Gasteiger partial charge in [-0.25, -0.2) is 12.7 Å². The van der Waals surface area contributed by atoms with Crippen LogP contribution in [0.2, 0.25) is 0 Å². The average molecular weight is 326 g/mol. The fraction of sp³-hybridized carbons (Fsp3) is 0.625. The Morgan fingerprint density at radius 1 is 1.32 bits per heavy atom. The van der Waals surface area contributed by atoms with Gasteiger partial charge in [0.15, 0.2) is 0 Å². The molecule has 1 fully saturated rings. The zero-order valence-electron chi connectivity index (χ0n) is 13.6. The standard InChI is InChI=1S/C16H26N2O3S/c1-13(17-11-10-15-5-4-12-21-15)14-6-8-16(9-7-14)22(19,20)18(2)3/h6-9,13,15,17H,4-5,10-12H2,1-3H3/t13-,15+/m0/s1. The molecule has 2 rings (SSSR count). The van der Waals surface area contributed by atoms with E-state index in [0.717, 1.165) is 31.6 Å². The maximum atomic E-state index is 12.0. The first-order chi connectivity index (χ1) is 10.4. The number of rotatable bonds is 7. The molecule has 0 aliphatic carbocycles. The lowest BCUT2D eigenvalue weighted by Gasteiger charge is -2.17. The highest BCUT2D eigenvalue weighted by atomic mass is 32.2. The molecule has 5 nitrogen and oxygen atoms in total. The van der Waals surface area contributed by atoms with Crippen molar-refractivity contribution in [3.63, 3.8) is 0 Å². The van der Waals surface area contributed by atoms with Crippen molar-refractivity contribution in [2.75, 3.05) is 27.2 Å². The van der Waals surface area contributed by atoms with Crippen LogP contribution in [0.15, 0.2) is 29.2 Å². The predicted octanol–water partition coefficient (Wildman–Crippen LogP) is 2.16. The largest absolute Gasteiger partial charge is 0.378 e. The second-order valence-electron chi connectivity index (χ2n) is 5.96. The summed E-state index contributed by atoms with van der Waals surface area (Å²) < 4.78 is 30.9. The zero-order chi connectivity index (χ0) is 16.2. The van der Waals surface area contributed by atoms with Gasteiger partial charge in [0.2, 0.25) is 10.0 Å². The van der Waals surface area contributed by atoms with Crippen molar-refractivity contribution in [2.24, 2.45) is 0 Å². The van der Waals surface area contributed by atoms with Gasteiger partial charge in [-0.2, -0.15) is 0 Å². The molecule has 0 saturated carbocycles. The van der Waals surface area contributed by atoms with Crippen LogP contribution in [-0.2, 0) is 14.8 Å². The summed E-state index contributed by atoms with van der Waals surface area (Å²) in [6.45, 7) is 3.89. The number of sulfonamides is 1. The number of benzene rings is 1. The van der Waals surface area contributed by atoms with Crippen LogP contribution in [-0.4, -0.2) is 46.1 Å². The molecular formula is C16H26N2O3S. The van der Waals surface area contributed by atoms with Crippen molar-refractivity contribution in [3.8, 4) is 0 Å². The first-order valence-corrected chi connectivity index (χ1v) is 9.23. The summed E-state index contributed by atoms with van der Waals surface area (Å²) in [5, 5.41) is 3.47. The second-order valence-corrected chi connectivity index (χ2v) is 8.11. The monoisotopic (exact) mass is 326 g/mol. The molecule has 1 aromatic carbocycles. The van der Waals surface area contributed by atoms with Crippen molar-refractivity contribution in [1.82, 2.24) is 9.62 Å². The Hall–Kier alpha value is -0.950. The van der Waals surface area contributed by atoms with Crippen molar-refractivity contribution < 1.29 is 13.2 Å². The normalized spacial score (nSPS) is 20.5. The fourth-order valence-corrected chi connectivity index (χ4v) is 3.49. The maximum absolute atomic E-state index is 12.0. The van der Waals surface area contributed by atoms with Gasteiger partial charge in [0.05, 0.1) is 11.0 Å². The molecule has 1 aliphatic heterocycles. The van der Waals surface area contributed by atoms with E-state index in [1.54, 1.807) is 26.2 Å². The van der Waals surface area contributed by atoms with E-state index >= 15 is 0 Å². The van der Waals surface area contributed by atoms with Crippen LogP contribution in [0, 0.1) is 0 Å². The summed E-state index contributed by atoms with van der Waals surface area (Å²) in [4.78, 5) is 0.327. The SMILES string of the molecule is C[C@H](NCC[C@H]1CCCO1)c1ccc(S(=O)(=O)N(C)C)cc1. The summed E-state index contributed by atoms with van der Waals surface area (Å²) in [5.41, 5.74) is 1.09. The zero-order valence-corrected chi connectivity index (χ0v) is 14.4. The summed E-state index contributed by atoms with van der Waals surface area (Å²) in [5.74, 6) is 0. The van der Waals surface area contributed by atoms with E-state index in [1.165, 1.54) is 10.7 Å². The molecule has 22 heavy (non-hydrogen) atoms. The van der Waals surface area contributed by atoms with Crippen LogP contribution in [0.3, 0.4) is 0 Å². The topological polar surface area (TPSA) is 58.6 Å². The van der Waals surface area contributed by atoms with Crippen LogP contribution < -0.4 is 5.32 Å². The molecule has 0 unspecified atom stereocenters. The minimum absolute atomic E-state index is 0.192. The predicted molar refractivity (Wildman–Crippen MR) is 87.3 cm³/mol. The summed E-state index contributed by atoms with van der Waals surface area (Å²) in [6.07, 6.45) is 3.75. The molecule has 0 bridgehead atoms. The van der Waals surface area contributed by atoms with Gasteiger partial charge in [-0.3, -0.25) is 0 Å². The number of hydrogen-bond donors (Lipinski definition) is 1. The number of nitrogens with zero attached hydrogens (tertiary/aromatic N) is 1. The van der Waals surface area contributed by atoms with Crippen molar-refractivity contribution in [1.29, 1.82) is 0 Å². The number of nitrogens with one attached hydrogen (secondary N) is 1. The average Bonchev–Trinajstić information content (AvgIpc) is 3.00. The molecule has 0 spiro atoms. The van der Waals surface area contributed by atoms with Gasteiger partial charge in [0.1, 0.15) is 0 Å². The fourth-order valence-electron chi connectivity index (χ4n) is 2.59. The van der Waals surface area contributed by atoms with E-state index < -0.39 is 10.0 Å². The lowest BCUT2D eigenvalue weighted by molar-refractivity contribution is 0.103. The molecule has 1 saturated heterocycles. The molecule has 1 heterocycles. The highest BCUT2D eigenvalue weighted by molar-refractivity contribution is 7.89. The molecule has 124 valence electrons. The van der Waals surface area contributed by atoms with Crippen LogP contribution in [0.1, 0.15) is 37.8 Å². The Labute approximate surface area is 133 Å². The van der Waals surface area contributed by atoms with Gasteiger partial charge in [-0.15, -0.1) is 0 Å². The number of ether oxygens (including phenoxy) is 1. The second kappa shape index (κ2) is 7.55. The molecule has 0 radical (unpaired) electrons. The Kier molecular flexibility index (Phi) is 5.97. The lowest BCUT2D eigenvalue weighted by Crippen LogP contribution is -2.24. The first-order valence-electron chi connectivity index (χ1n) is 7.78. The van der Waals surface area contributed by atoms with Crippen LogP contribution in [0.25, 0.3) is 0 Å². The van der Waals surface area contributed by atoms with Gasteiger partial charge >= 0.3 is 0 Å². The minimum atomic E-state index is -3.35. The molecule has 6 heteroatoms. The van der Waals surface area contributed by atoms with Gasteiger partial charge in [0, 0.05) is 26.7 Å². The van der Waals surface area contributed by atoms with Crippen molar-refractivity contribution in [3.05, 3.63) is 29.8 Å². The van der Waals surface area contributed by atoms with E-state index in [4.69, 9.17) is 4.74 Å². The molecule has 2 atom stereocenters. The molecule has 0 aromatic heterocycles. The van der Waals surface area contributed by atoms with E-state index in [9.17, 15) is 8.42 Å². The summed E-state index contributed by atoms with van der Waals surface area (Å²) >= 11 is 0. The molecule has 1 aromatic rings. The third-order valence-electron chi connectivity index (χ3n) is 4.10. The summed E-state index contributed by atoms with van der Waals surface area (Å²) in [6, 6.07) is 7.28. The third kappa shape index (κ3) is 4.29. The van der Waals surface area contributed by atoms with Gasteiger partial charge in [-0.1, -0.05) is 12.1 Å². The first kappa shape index (κ1) is 17.4. The lowest BCUT2D eigenvalue weighted by atomic mass is 10.1. The van der Waals surface area contributed by atoms with Crippen molar-refractivity contribution in [2.45, 2.75) is 43.2 Å². The summed E-state index contributed by atoms with van der Waals surface area (Å²) in [7, 11) is -0.271. The third-order valence-corrected chi connectivity index (χ3v) is 5.93. The van der Waals surface area contributed by atoms with E-state index in [-0.39, 0.29) is 6.04 Å². The minimum Gasteiger partial charge on any atom is -0.378 e. The Morgan fingerprint density at radius 2 is 2.00 bits per heavy atom. The maximum Gasteiger partial charge on any atom is 0.242 e. The van der Waals surface area contributed by atoms with Gasteiger partial charge in [0.25, 0.3) is 0 Å². The Bertz CT molecular complexity index is 564. The van der Waals surface area contributed by atoms with Gasteiger partial charge < -0.3 is 10.1 Å². The van der Waals surface area contributed by atoms with Gasteiger partial charge in [-0.05, 0) is 50.4 Å². The van der Waals surface area contributed by atoms with E-state index in [1.807, 2.05) is 12.1 Å². The smallest absolute Gasteiger partial charge is 0.242 e. The highest BCUT2D eigenvalue weighted by Crippen LogP contribution is 2.19. The number of hydrogen-bond acceptors (Lipinski definition) is 4. The van der Waals surface area contributed by atoms with E-state index in [2.05, 4.69) is 12.2 Å². The quantitative estimate of drug-likeness (QED) is 0.834. The van der Waals surface area contributed by atoms with E-state index in [0.29, 0.717) is 11.0 Å². The molecular weight excluding hydrogens is 300 g/mol. The van der Waals surface area contributed by atoms with Crippen LogP contribution in [0.5, 0.6) is 0 Å². The molecule has 1 aliphatic rings.